The van der Waals surface area contributed by atoms with Crippen LogP contribution in [-0.2, 0) is 14.3 Å². The molecule has 2 aromatic heterocycles. The second-order valence-electron chi connectivity index (χ2n) is 6.74. The zero-order chi connectivity index (χ0) is 19.9. The summed E-state index contributed by atoms with van der Waals surface area (Å²) in [6.45, 7) is 2.54. The molecule has 2 amide bonds. The lowest BCUT2D eigenvalue weighted by Crippen LogP contribution is -2.37. The predicted octanol–water partition coefficient (Wildman–Crippen LogP) is 4.38. The Kier molecular flexibility index (Phi) is 7.22. The Hall–Kier alpha value is -2.19. The summed E-state index contributed by atoms with van der Waals surface area (Å²) in [4.78, 5) is 39.5. The van der Waals surface area contributed by atoms with Crippen molar-refractivity contribution in [1.82, 2.24) is 4.90 Å². The number of ether oxygens (including phenoxy) is 1. The molecule has 1 aliphatic heterocycles. The van der Waals surface area contributed by atoms with Crippen LogP contribution in [0.4, 0.5) is 5.00 Å². The van der Waals surface area contributed by atoms with E-state index in [-0.39, 0.29) is 18.4 Å². The number of carbonyl (C=O) groups excluding carboxylic acids is 3. The van der Waals surface area contributed by atoms with Crippen molar-refractivity contribution in [1.29, 1.82) is 0 Å². The van der Waals surface area contributed by atoms with Crippen LogP contribution in [0.2, 0.25) is 0 Å². The van der Waals surface area contributed by atoms with Gasteiger partial charge in [-0.2, -0.15) is 0 Å². The number of nitrogens with zero attached hydrogens (tertiary/aromatic N) is 1. The first-order valence-electron chi connectivity index (χ1n) is 9.44. The SMILES string of the molecule is CC(=O)Nc1scc(-c2cccs2)c1C(=O)OCC(=O)N1CCCCCCC1. The Labute approximate surface area is 172 Å². The zero-order valence-corrected chi connectivity index (χ0v) is 17.5. The first-order valence-corrected chi connectivity index (χ1v) is 11.2. The third-order valence-corrected chi connectivity index (χ3v) is 6.41. The van der Waals surface area contributed by atoms with Crippen LogP contribution >= 0.6 is 22.7 Å². The van der Waals surface area contributed by atoms with Gasteiger partial charge in [-0.3, -0.25) is 9.59 Å². The highest BCUT2D eigenvalue weighted by Crippen LogP contribution is 2.38. The lowest BCUT2D eigenvalue weighted by Gasteiger charge is -2.24. The third kappa shape index (κ3) is 5.20. The van der Waals surface area contributed by atoms with Gasteiger partial charge in [-0.25, -0.2) is 4.79 Å². The van der Waals surface area contributed by atoms with E-state index in [2.05, 4.69) is 5.32 Å². The Bertz CT molecular complexity index is 821. The average molecular weight is 421 g/mol. The molecule has 0 aliphatic carbocycles. The Morgan fingerprint density at radius 1 is 1.11 bits per heavy atom. The number of amides is 2. The van der Waals surface area contributed by atoms with Crippen molar-refractivity contribution in [2.24, 2.45) is 0 Å². The van der Waals surface area contributed by atoms with E-state index < -0.39 is 5.97 Å². The second-order valence-corrected chi connectivity index (χ2v) is 8.56. The van der Waals surface area contributed by atoms with Gasteiger partial charge >= 0.3 is 5.97 Å². The Morgan fingerprint density at radius 3 is 2.46 bits per heavy atom. The van der Waals surface area contributed by atoms with Crippen LogP contribution in [0.15, 0.2) is 22.9 Å². The molecule has 0 saturated carbocycles. The third-order valence-electron chi connectivity index (χ3n) is 4.61. The van der Waals surface area contributed by atoms with Crippen molar-refractivity contribution in [2.45, 2.75) is 39.0 Å². The minimum atomic E-state index is -0.589. The number of anilines is 1. The molecule has 0 spiro atoms. The standard InChI is InChI=1S/C20H24N2O4S2/c1-14(23)21-19-18(15(13-28-19)16-8-7-11-27-16)20(25)26-12-17(24)22-9-5-3-2-4-6-10-22/h7-8,11,13H,2-6,9-10,12H2,1H3,(H,21,23). The summed E-state index contributed by atoms with van der Waals surface area (Å²) in [6, 6.07) is 3.81. The number of esters is 1. The summed E-state index contributed by atoms with van der Waals surface area (Å²) in [5, 5.41) is 6.88. The van der Waals surface area contributed by atoms with Crippen molar-refractivity contribution in [3.05, 3.63) is 28.5 Å². The number of hydrogen-bond donors (Lipinski definition) is 1. The summed E-state index contributed by atoms with van der Waals surface area (Å²) in [7, 11) is 0. The van der Waals surface area contributed by atoms with E-state index in [4.69, 9.17) is 4.74 Å². The molecule has 3 rings (SSSR count). The van der Waals surface area contributed by atoms with Crippen molar-refractivity contribution >= 4 is 45.5 Å². The molecule has 0 atom stereocenters. The van der Waals surface area contributed by atoms with E-state index in [9.17, 15) is 14.4 Å². The van der Waals surface area contributed by atoms with Gasteiger partial charge in [-0.1, -0.05) is 25.3 Å². The van der Waals surface area contributed by atoms with Gasteiger partial charge in [0.05, 0.1) is 0 Å². The van der Waals surface area contributed by atoms with Crippen LogP contribution < -0.4 is 5.32 Å². The highest BCUT2D eigenvalue weighted by Gasteiger charge is 2.24. The summed E-state index contributed by atoms with van der Waals surface area (Å²) in [5.41, 5.74) is 1.02. The number of rotatable bonds is 5. The molecule has 0 bridgehead atoms. The summed E-state index contributed by atoms with van der Waals surface area (Å²) in [5.74, 6) is -1.01. The van der Waals surface area contributed by atoms with Gasteiger partial charge in [0.1, 0.15) is 10.6 Å². The average Bonchev–Trinajstić information content (AvgIpc) is 3.28. The Morgan fingerprint density at radius 2 is 1.82 bits per heavy atom. The topological polar surface area (TPSA) is 75.7 Å². The van der Waals surface area contributed by atoms with Crippen molar-refractivity contribution in [2.75, 3.05) is 25.0 Å². The van der Waals surface area contributed by atoms with Crippen molar-refractivity contribution < 1.29 is 19.1 Å². The number of nitrogens with one attached hydrogen (secondary N) is 1. The summed E-state index contributed by atoms with van der Waals surface area (Å²) < 4.78 is 5.36. The molecule has 2 aromatic rings. The van der Waals surface area contributed by atoms with Gasteiger partial charge in [0.15, 0.2) is 6.61 Å². The minimum Gasteiger partial charge on any atom is -0.452 e. The molecule has 28 heavy (non-hydrogen) atoms. The summed E-state index contributed by atoms with van der Waals surface area (Å²) >= 11 is 2.78. The van der Waals surface area contributed by atoms with Crippen LogP contribution in [0.25, 0.3) is 10.4 Å². The molecule has 8 heteroatoms. The van der Waals surface area contributed by atoms with Crippen molar-refractivity contribution in [3.8, 4) is 10.4 Å². The van der Waals surface area contributed by atoms with Gasteiger partial charge in [0.2, 0.25) is 5.91 Å². The van der Waals surface area contributed by atoms with Crippen LogP contribution in [-0.4, -0.2) is 42.4 Å². The highest BCUT2D eigenvalue weighted by molar-refractivity contribution is 7.17. The van der Waals surface area contributed by atoms with Crippen LogP contribution in [0, 0.1) is 0 Å². The van der Waals surface area contributed by atoms with E-state index >= 15 is 0 Å². The van der Waals surface area contributed by atoms with Crippen molar-refractivity contribution in [3.63, 3.8) is 0 Å². The number of hydrogen-bond acceptors (Lipinski definition) is 6. The maximum Gasteiger partial charge on any atom is 0.342 e. The van der Waals surface area contributed by atoms with Crippen LogP contribution in [0.1, 0.15) is 49.4 Å². The van der Waals surface area contributed by atoms with E-state index in [1.165, 1.54) is 36.0 Å². The second kappa shape index (κ2) is 9.84. The predicted molar refractivity (Wildman–Crippen MR) is 112 cm³/mol. The normalized spacial score (nSPS) is 14.8. The fourth-order valence-electron chi connectivity index (χ4n) is 3.21. The molecule has 0 radical (unpaired) electrons. The molecular formula is C20H24N2O4S2. The van der Waals surface area contributed by atoms with Gasteiger partial charge in [-0.05, 0) is 24.3 Å². The maximum atomic E-state index is 12.8. The van der Waals surface area contributed by atoms with Gasteiger partial charge in [0.25, 0.3) is 5.91 Å². The molecular weight excluding hydrogens is 396 g/mol. The van der Waals surface area contributed by atoms with E-state index in [1.807, 2.05) is 22.9 Å². The molecule has 1 aliphatic rings. The quantitative estimate of drug-likeness (QED) is 0.728. The molecule has 1 N–H and O–H groups in total. The Balaban J connectivity index is 1.71. The first kappa shape index (κ1) is 20.5. The van der Waals surface area contributed by atoms with Gasteiger partial charge < -0.3 is 15.0 Å². The number of carbonyl (C=O) groups is 3. The lowest BCUT2D eigenvalue weighted by molar-refractivity contribution is -0.134. The fraction of sp³-hybridized carbons (Fsp3) is 0.450. The molecule has 0 unspecified atom stereocenters. The molecule has 150 valence electrons. The fourth-order valence-corrected chi connectivity index (χ4v) is 5.03. The lowest BCUT2D eigenvalue weighted by atomic mass is 10.1. The summed E-state index contributed by atoms with van der Waals surface area (Å²) in [6.07, 6.45) is 5.44. The molecule has 6 nitrogen and oxygen atoms in total. The molecule has 1 saturated heterocycles. The number of thiophene rings is 2. The zero-order valence-electron chi connectivity index (χ0n) is 15.9. The monoisotopic (exact) mass is 420 g/mol. The molecule has 3 heterocycles. The van der Waals surface area contributed by atoms with E-state index in [0.29, 0.717) is 29.2 Å². The maximum absolute atomic E-state index is 12.8. The smallest absolute Gasteiger partial charge is 0.342 e. The molecule has 1 fully saturated rings. The van der Waals surface area contributed by atoms with Crippen LogP contribution in [0.5, 0.6) is 0 Å². The van der Waals surface area contributed by atoms with E-state index in [1.54, 1.807) is 4.90 Å². The van der Waals surface area contributed by atoms with Gasteiger partial charge in [-0.15, -0.1) is 22.7 Å². The van der Waals surface area contributed by atoms with Gasteiger partial charge in [0, 0.05) is 35.8 Å². The number of likely N-dealkylation sites (tertiary alicyclic amines) is 1. The highest BCUT2D eigenvalue weighted by atomic mass is 32.1. The molecule has 0 aromatic carbocycles. The van der Waals surface area contributed by atoms with Crippen LogP contribution in [0.3, 0.4) is 0 Å². The minimum absolute atomic E-state index is 0.163. The first-order chi connectivity index (χ1) is 13.6. The largest absolute Gasteiger partial charge is 0.452 e. The van der Waals surface area contributed by atoms with E-state index in [0.717, 1.165) is 30.6 Å².